The Bertz CT molecular complexity index is 771. The van der Waals surface area contributed by atoms with E-state index in [1.165, 1.54) is 0 Å². The number of aromatic hydroxyl groups is 1. The molecule has 1 saturated heterocycles. The largest absolute Gasteiger partial charge is 0.508 e. The average molecular weight is 342 g/mol. The fourth-order valence-electron chi connectivity index (χ4n) is 3.35. The highest BCUT2D eigenvalue weighted by Crippen LogP contribution is 2.26. The summed E-state index contributed by atoms with van der Waals surface area (Å²) in [4.78, 5) is 30.0. The van der Waals surface area contributed by atoms with Crippen molar-refractivity contribution in [1.29, 1.82) is 0 Å². The average Bonchev–Trinajstić information content (AvgIpc) is 3.02. The van der Waals surface area contributed by atoms with Gasteiger partial charge < -0.3 is 20.3 Å². The molecule has 1 unspecified atom stereocenters. The van der Waals surface area contributed by atoms with Crippen molar-refractivity contribution in [3.05, 3.63) is 48.0 Å². The topological polar surface area (TPSA) is 101 Å². The molecule has 2 aromatic rings. The third kappa shape index (κ3) is 4.17. The van der Waals surface area contributed by atoms with Gasteiger partial charge in [0.1, 0.15) is 18.1 Å². The zero-order chi connectivity index (χ0) is 17.8. The number of piperidine rings is 1. The van der Waals surface area contributed by atoms with Gasteiger partial charge in [0.15, 0.2) is 0 Å². The number of likely N-dealkylation sites (tertiary alicyclic amines) is 1. The molecule has 3 rings (SSSR count). The highest BCUT2D eigenvalue weighted by molar-refractivity contribution is 5.79. The van der Waals surface area contributed by atoms with E-state index in [0.29, 0.717) is 13.1 Å². The van der Waals surface area contributed by atoms with Crippen LogP contribution in [0.15, 0.2) is 36.7 Å². The van der Waals surface area contributed by atoms with Crippen LogP contribution in [0.2, 0.25) is 0 Å². The van der Waals surface area contributed by atoms with E-state index in [0.717, 1.165) is 24.2 Å². The van der Waals surface area contributed by atoms with Crippen molar-refractivity contribution in [3.8, 4) is 5.75 Å². The van der Waals surface area contributed by atoms with Crippen molar-refractivity contribution in [2.75, 3.05) is 13.1 Å². The summed E-state index contributed by atoms with van der Waals surface area (Å²) in [5.74, 6) is 0.676. The van der Waals surface area contributed by atoms with Crippen molar-refractivity contribution in [2.24, 2.45) is 5.73 Å². The number of nitrogens with zero attached hydrogens (tertiary/aromatic N) is 3. The number of carbonyl (C=O) groups is 2. The van der Waals surface area contributed by atoms with Crippen molar-refractivity contribution in [1.82, 2.24) is 14.5 Å². The smallest absolute Gasteiger partial charge is 0.237 e. The van der Waals surface area contributed by atoms with Gasteiger partial charge in [-0.15, -0.1) is 0 Å². The van der Waals surface area contributed by atoms with E-state index >= 15 is 0 Å². The Morgan fingerprint density at radius 2 is 2.20 bits per heavy atom. The van der Waals surface area contributed by atoms with Crippen LogP contribution >= 0.6 is 0 Å². The second-order valence-corrected chi connectivity index (χ2v) is 6.41. The first kappa shape index (κ1) is 17.0. The van der Waals surface area contributed by atoms with Gasteiger partial charge in [0.25, 0.3) is 0 Å². The Morgan fingerprint density at radius 3 is 2.96 bits per heavy atom. The predicted molar refractivity (Wildman–Crippen MR) is 91.8 cm³/mol. The van der Waals surface area contributed by atoms with Gasteiger partial charge in [-0.05, 0) is 30.5 Å². The lowest BCUT2D eigenvalue weighted by Gasteiger charge is -2.32. The number of rotatable bonds is 5. The fraction of sp³-hybridized carbons (Fsp3) is 0.389. The maximum absolute atomic E-state index is 12.6. The molecule has 0 aliphatic carbocycles. The number of imidazole rings is 1. The number of phenols is 1. The minimum absolute atomic E-state index is 0.0308. The number of primary amides is 1. The number of carbonyl (C=O) groups excluding carboxylic acids is 2. The van der Waals surface area contributed by atoms with Gasteiger partial charge in [0, 0.05) is 31.4 Å². The quantitative estimate of drug-likeness (QED) is 0.847. The number of aromatic nitrogens is 2. The molecule has 25 heavy (non-hydrogen) atoms. The van der Waals surface area contributed by atoms with E-state index < -0.39 is 5.91 Å². The summed E-state index contributed by atoms with van der Waals surface area (Å²) in [5.41, 5.74) is 6.08. The molecule has 7 heteroatoms. The van der Waals surface area contributed by atoms with E-state index in [1.807, 2.05) is 11.0 Å². The first-order valence-corrected chi connectivity index (χ1v) is 8.38. The molecular weight excluding hydrogens is 320 g/mol. The molecule has 0 bridgehead atoms. The molecule has 0 spiro atoms. The Morgan fingerprint density at radius 1 is 1.36 bits per heavy atom. The Hall–Kier alpha value is -2.83. The highest BCUT2D eigenvalue weighted by Gasteiger charge is 2.27. The standard InChI is InChI=1S/C18H22N4O3/c19-16(24)12-22-8-6-20-18(22)14-4-2-7-21(11-14)17(25)10-13-3-1-5-15(23)9-13/h1,3,5-6,8-9,14,23H,2,4,7,10-12H2,(H2,19,24). The molecule has 1 aliphatic rings. The van der Waals surface area contributed by atoms with Gasteiger partial charge in [-0.3, -0.25) is 9.59 Å². The van der Waals surface area contributed by atoms with Crippen LogP contribution in [0.25, 0.3) is 0 Å². The van der Waals surface area contributed by atoms with Crippen LogP contribution in [-0.2, 0) is 22.6 Å². The van der Waals surface area contributed by atoms with E-state index in [2.05, 4.69) is 4.98 Å². The molecule has 0 saturated carbocycles. The molecule has 2 heterocycles. The maximum Gasteiger partial charge on any atom is 0.237 e. The van der Waals surface area contributed by atoms with E-state index in [9.17, 15) is 14.7 Å². The fourth-order valence-corrected chi connectivity index (χ4v) is 3.35. The number of amides is 2. The molecule has 0 radical (unpaired) electrons. The Kier molecular flexibility index (Phi) is 5.02. The summed E-state index contributed by atoms with van der Waals surface area (Å²) in [6.45, 7) is 1.39. The van der Waals surface area contributed by atoms with Crippen LogP contribution < -0.4 is 5.73 Å². The van der Waals surface area contributed by atoms with Crippen molar-refractivity contribution in [3.63, 3.8) is 0 Å². The summed E-state index contributed by atoms with van der Waals surface area (Å²) in [7, 11) is 0. The minimum Gasteiger partial charge on any atom is -0.508 e. The van der Waals surface area contributed by atoms with Crippen LogP contribution in [0, 0.1) is 0 Å². The lowest BCUT2D eigenvalue weighted by atomic mass is 9.96. The van der Waals surface area contributed by atoms with Crippen LogP contribution in [0.3, 0.4) is 0 Å². The number of hydrogen-bond acceptors (Lipinski definition) is 4. The third-order valence-corrected chi connectivity index (χ3v) is 4.48. The molecular formula is C18H22N4O3. The molecule has 1 aromatic heterocycles. The lowest BCUT2D eigenvalue weighted by molar-refractivity contribution is -0.131. The van der Waals surface area contributed by atoms with Crippen LogP contribution in [0.4, 0.5) is 0 Å². The van der Waals surface area contributed by atoms with Gasteiger partial charge in [-0.2, -0.15) is 0 Å². The van der Waals surface area contributed by atoms with Gasteiger partial charge in [-0.25, -0.2) is 4.98 Å². The summed E-state index contributed by atoms with van der Waals surface area (Å²) in [5, 5.41) is 9.53. The number of hydrogen-bond donors (Lipinski definition) is 2. The van der Waals surface area contributed by atoms with Crippen LogP contribution in [0.5, 0.6) is 5.75 Å². The zero-order valence-corrected chi connectivity index (χ0v) is 14.0. The Balaban J connectivity index is 1.68. The van der Waals surface area contributed by atoms with Crippen LogP contribution in [-0.4, -0.2) is 44.5 Å². The molecule has 1 aliphatic heterocycles. The lowest BCUT2D eigenvalue weighted by Crippen LogP contribution is -2.40. The summed E-state index contributed by atoms with van der Waals surface area (Å²) >= 11 is 0. The first-order chi connectivity index (χ1) is 12.0. The van der Waals surface area contributed by atoms with Gasteiger partial charge >= 0.3 is 0 Å². The molecule has 1 fully saturated rings. The number of benzene rings is 1. The van der Waals surface area contributed by atoms with Crippen LogP contribution in [0.1, 0.15) is 30.1 Å². The zero-order valence-electron chi connectivity index (χ0n) is 14.0. The number of phenolic OH excluding ortho intramolecular Hbond substituents is 1. The van der Waals surface area contributed by atoms with Crippen molar-refractivity contribution < 1.29 is 14.7 Å². The SMILES string of the molecule is NC(=O)Cn1ccnc1C1CCCN(C(=O)Cc2cccc(O)c2)C1. The monoisotopic (exact) mass is 342 g/mol. The third-order valence-electron chi connectivity index (χ3n) is 4.48. The van der Waals surface area contributed by atoms with Crippen molar-refractivity contribution in [2.45, 2.75) is 31.7 Å². The highest BCUT2D eigenvalue weighted by atomic mass is 16.3. The summed E-state index contributed by atoms with van der Waals surface area (Å²) in [6.07, 6.45) is 5.47. The van der Waals surface area contributed by atoms with Gasteiger partial charge in [-0.1, -0.05) is 12.1 Å². The normalized spacial score (nSPS) is 17.4. The molecule has 7 nitrogen and oxygen atoms in total. The second-order valence-electron chi connectivity index (χ2n) is 6.41. The molecule has 1 atom stereocenters. The molecule has 2 amide bonds. The molecule has 132 valence electrons. The van der Waals surface area contributed by atoms with Crippen molar-refractivity contribution >= 4 is 11.8 Å². The van der Waals surface area contributed by atoms with E-state index in [-0.39, 0.29) is 30.5 Å². The number of nitrogens with two attached hydrogens (primary N) is 1. The first-order valence-electron chi connectivity index (χ1n) is 8.38. The second kappa shape index (κ2) is 7.38. The Labute approximate surface area is 146 Å². The predicted octanol–water partition coefficient (Wildman–Crippen LogP) is 1.02. The maximum atomic E-state index is 12.6. The molecule has 1 aromatic carbocycles. The van der Waals surface area contributed by atoms with Gasteiger partial charge in [0.2, 0.25) is 11.8 Å². The van der Waals surface area contributed by atoms with Gasteiger partial charge in [0.05, 0.1) is 6.42 Å². The summed E-state index contributed by atoms with van der Waals surface area (Å²) in [6, 6.07) is 6.76. The van der Waals surface area contributed by atoms with E-state index in [4.69, 9.17) is 5.73 Å². The minimum atomic E-state index is -0.410. The summed E-state index contributed by atoms with van der Waals surface area (Å²) < 4.78 is 1.76. The van der Waals surface area contributed by atoms with E-state index in [1.54, 1.807) is 35.2 Å². The molecule has 3 N–H and O–H groups in total.